The Bertz CT molecular complexity index is 379. The van der Waals surface area contributed by atoms with E-state index in [1.807, 2.05) is 0 Å². The van der Waals surface area contributed by atoms with Crippen molar-refractivity contribution in [3.05, 3.63) is 0 Å². The Morgan fingerprint density at radius 2 is 0.250 bits per heavy atom. The Hall–Kier alpha value is 2.61. The van der Waals surface area contributed by atoms with Crippen molar-refractivity contribution in [3.8, 4) is 0 Å². The van der Waals surface area contributed by atoms with Gasteiger partial charge in [-0.1, -0.05) is 0 Å². The Kier molecular flexibility index (Phi) is 42.7. The number of hydrogen-bond acceptors (Lipinski definition) is 20. The van der Waals surface area contributed by atoms with Crippen molar-refractivity contribution in [1.29, 1.82) is 0 Å². The van der Waals surface area contributed by atoms with Crippen molar-refractivity contribution in [2.75, 3.05) is 0 Å². The third-order valence-corrected chi connectivity index (χ3v) is 0. The summed E-state index contributed by atoms with van der Waals surface area (Å²) in [6.45, 7) is 0. The summed E-state index contributed by atoms with van der Waals surface area (Å²) in [5, 5.41) is 0. The van der Waals surface area contributed by atoms with Crippen LogP contribution in [0.2, 0.25) is 0 Å². The molecule has 178 valence electrons. The van der Waals surface area contributed by atoms with Gasteiger partial charge in [0.1, 0.15) is 0 Å². The van der Waals surface area contributed by atoms with Gasteiger partial charge in [-0.2, -0.15) is 39.1 Å². The van der Waals surface area contributed by atoms with Crippen LogP contribution in [-0.4, -0.2) is 0 Å². The molecular weight excluding hydrogens is 763 g/mol. The molecule has 0 fully saturated rings. The summed E-state index contributed by atoms with van der Waals surface area (Å²) in [5.41, 5.74) is 0. The van der Waals surface area contributed by atoms with Crippen LogP contribution in [-0.2, 0) is 86.0 Å². The maximum absolute atomic E-state index is 8.55. The monoisotopic (exact) mass is 768 g/mol. The Morgan fingerprint density at radius 1 is 0.250 bits per heavy atom. The van der Waals surface area contributed by atoms with Gasteiger partial charge < -0.3 is 96.2 Å². The predicted molar refractivity (Wildman–Crippen MR) is 38.0 cm³/mol. The largest absolute Gasteiger partial charge is 0.822 e. The van der Waals surface area contributed by atoms with Crippen molar-refractivity contribution < 1.29 is 159 Å². The second-order valence-electron chi connectivity index (χ2n) is 2.24. The minimum atomic E-state index is -5.39. The van der Waals surface area contributed by atoms with Crippen LogP contribution in [0.4, 0.5) is 0 Å². The van der Waals surface area contributed by atoms with E-state index in [4.69, 9.17) is 96.2 Å². The van der Waals surface area contributed by atoms with E-state index >= 15 is 0 Å². The van der Waals surface area contributed by atoms with E-state index in [2.05, 4.69) is 0 Å². The third-order valence-electron chi connectivity index (χ3n) is 0. The molecule has 0 aromatic heterocycles. The van der Waals surface area contributed by atoms with Crippen molar-refractivity contribution in [3.63, 3.8) is 0 Å². The first-order valence-corrected chi connectivity index (χ1v) is 11.0. The van der Waals surface area contributed by atoms with Crippen LogP contribution in [0.15, 0.2) is 0 Å². The molecule has 0 saturated carbocycles. The topological polar surface area (TPSA) is 431 Å². The predicted octanol–water partition coefficient (Wildman–Crippen LogP) is -14.1. The minimum Gasteiger partial charge on any atom is -0.822 e. The maximum Gasteiger partial charge on any atom is 0 e. The average molecular weight is 763 g/mol. The second-order valence-corrected chi connectivity index (χ2v) is 6.71. The molecule has 0 aromatic carbocycles. The van der Waals surface area contributed by atoms with Crippen LogP contribution < -0.4 is 73.4 Å². The zero-order valence-electron chi connectivity index (χ0n) is 11.6. The summed E-state index contributed by atoms with van der Waals surface area (Å²) < 4.78 is 42.7. The molecule has 0 radical (unpaired) electrons. The van der Waals surface area contributed by atoms with Crippen molar-refractivity contribution in [2.24, 2.45) is 0 Å². The first kappa shape index (κ1) is 52.5. The van der Waals surface area contributed by atoms with E-state index in [1.165, 1.54) is 0 Å². The van der Waals surface area contributed by atoms with Crippen LogP contribution in [0.25, 0.3) is 0 Å². The molecule has 0 N–H and O–H groups in total. The molecule has 0 bridgehead atoms. The Balaban J connectivity index is -0.0000000290. The molecule has 0 atom stereocenters. The van der Waals surface area contributed by atoms with E-state index in [0.717, 1.165) is 0 Å². The van der Waals surface area contributed by atoms with Gasteiger partial charge in [-0.25, -0.2) is 0 Å². The van der Waals surface area contributed by atoms with E-state index < -0.39 is 39.1 Å². The Morgan fingerprint density at radius 3 is 0.250 bits per heavy atom. The van der Waals surface area contributed by atoms with Gasteiger partial charge in [0.15, 0.2) is 0 Å². The van der Waals surface area contributed by atoms with Gasteiger partial charge in [0.25, 0.3) is 0 Å². The van der Waals surface area contributed by atoms with Gasteiger partial charge in [-0.3, -0.25) is 0 Å². The molecule has 20 nitrogen and oxygen atoms in total. The van der Waals surface area contributed by atoms with Gasteiger partial charge in [-0.15, -0.1) is 0 Å². The van der Waals surface area contributed by atoms with Gasteiger partial charge in [0.05, 0.1) is 0 Å². The van der Waals surface area contributed by atoms with Gasteiger partial charge >= 0.3 is 0 Å². The minimum absolute atomic E-state index is 0. The fraction of sp³-hybridized carbons (Fsp3) is 0. The molecule has 0 aromatic rings. The van der Waals surface area contributed by atoms with Crippen LogP contribution in [0.1, 0.15) is 0 Å². The van der Waals surface area contributed by atoms with E-state index in [-0.39, 0.29) is 63.2 Å². The third kappa shape index (κ3) is 3190. The molecule has 0 unspecified atom stereocenters. The molecule has 0 heterocycles. The van der Waals surface area contributed by atoms with Gasteiger partial charge in [-0.05, 0) is 0 Å². The summed E-state index contributed by atoms with van der Waals surface area (Å²) in [7, 11) is -26.9. The summed E-state index contributed by atoms with van der Waals surface area (Å²) in [5.74, 6) is 0. The first-order chi connectivity index (χ1) is 10.0. The second kappa shape index (κ2) is 22.8. The van der Waals surface area contributed by atoms with Crippen molar-refractivity contribution in [1.82, 2.24) is 0 Å². The molecular formula is Mo3O20P5-15. The molecule has 0 aliphatic carbocycles. The summed E-state index contributed by atoms with van der Waals surface area (Å²) in [4.78, 5) is 128. The number of phosphoric acid groups is 5. The fourth-order valence-electron chi connectivity index (χ4n) is 0. The zero-order valence-corrected chi connectivity index (χ0v) is 22.1. The quantitative estimate of drug-likeness (QED) is 0.163. The van der Waals surface area contributed by atoms with Crippen LogP contribution >= 0.6 is 39.1 Å². The normalized spacial score (nSPS) is 10.5. The molecule has 0 rings (SSSR count). The average Bonchev–Trinajstić information content (AvgIpc) is 1.79. The van der Waals surface area contributed by atoms with E-state index in [1.54, 1.807) is 0 Å². The summed E-state index contributed by atoms with van der Waals surface area (Å²) >= 11 is 0. The van der Waals surface area contributed by atoms with Gasteiger partial charge in [0, 0.05) is 63.2 Å². The van der Waals surface area contributed by atoms with E-state index in [0.29, 0.717) is 0 Å². The fourth-order valence-corrected chi connectivity index (χ4v) is 0. The molecule has 0 aliphatic rings. The summed E-state index contributed by atoms with van der Waals surface area (Å²) in [6.07, 6.45) is 0. The molecule has 0 spiro atoms. The van der Waals surface area contributed by atoms with Crippen molar-refractivity contribution in [2.45, 2.75) is 0 Å². The number of hydrogen-bond donors (Lipinski definition) is 0. The smallest absolute Gasteiger partial charge is 0 e. The van der Waals surface area contributed by atoms with E-state index in [9.17, 15) is 0 Å². The van der Waals surface area contributed by atoms with Crippen LogP contribution in [0.5, 0.6) is 0 Å². The van der Waals surface area contributed by atoms with Crippen LogP contribution in [0.3, 0.4) is 0 Å². The van der Waals surface area contributed by atoms with Crippen molar-refractivity contribution >= 4 is 39.1 Å². The number of rotatable bonds is 0. The molecule has 28 heteroatoms. The zero-order chi connectivity index (χ0) is 22.5. The maximum atomic E-state index is 8.55. The standard InChI is InChI=1S/3Mo.5H3O4P/c;;;5*1-5(2,3)4/h;;;5*(H3,1,2,3,4)/p-15. The SMILES string of the molecule is O=P([O-])([O-])[O-].O=P([O-])([O-])[O-].O=P([O-])([O-])[O-].O=P([O-])([O-])[O-].O=P([O-])([O-])[O-].[Mo].[Mo].[Mo]. The first-order valence-electron chi connectivity index (χ1n) is 3.65. The van der Waals surface area contributed by atoms with Crippen LogP contribution in [0, 0.1) is 0 Å². The molecule has 0 amide bonds. The van der Waals surface area contributed by atoms with Gasteiger partial charge in [0.2, 0.25) is 0 Å². The molecule has 0 saturated heterocycles. The Labute approximate surface area is 197 Å². The molecule has 28 heavy (non-hydrogen) atoms. The summed E-state index contributed by atoms with van der Waals surface area (Å²) in [6, 6.07) is 0. The molecule has 0 aliphatic heterocycles.